The summed E-state index contributed by atoms with van der Waals surface area (Å²) in [4.78, 5) is 35.0. The van der Waals surface area contributed by atoms with E-state index in [1.807, 2.05) is 47.9 Å². The first-order valence-electron chi connectivity index (χ1n) is 9.80. The molecule has 0 bridgehead atoms. The summed E-state index contributed by atoms with van der Waals surface area (Å²) in [5.41, 5.74) is 8.23. The topological polar surface area (TPSA) is 112 Å². The highest BCUT2D eigenvalue weighted by molar-refractivity contribution is 6.45. The average Bonchev–Trinajstić information content (AvgIpc) is 3.03. The Morgan fingerprint density at radius 3 is 2.47 bits per heavy atom. The summed E-state index contributed by atoms with van der Waals surface area (Å²) in [6.45, 7) is 2.71. The van der Waals surface area contributed by atoms with Crippen molar-refractivity contribution >= 4 is 28.6 Å². The number of carbonyl (C=O) groups is 3. The molecule has 0 aliphatic rings. The minimum absolute atomic E-state index is 0.0150. The Kier molecular flexibility index (Phi) is 6.51. The Hall–Kier alpha value is -3.61. The van der Waals surface area contributed by atoms with Crippen LogP contribution in [0.15, 0.2) is 48.5 Å². The van der Waals surface area contributed by atoms with E-state index in [0.29, 0.717) is 36.1 Å². The van der Waals surface area contributed by atoms with Crippen molar-refractivity contribution in [3.8, 4) is 5.75 Å². The molecule has 30 heavy (non-hydrogen) atoms. The van der Waals surface area contributed by atoms with Crippen LogP contribution in [-0.4, -0.2) is 33.9 Å². The predicted octanol–water partition coefficient (Wildman–Crippen LogP) is 3.16. The van der Waals surface area contributed by atoms with Crippen molar-refractivity contribution in [1.29, 1.82) is 0 Å². The highest BCUT2D eigenvalue weighted by atomic mass is 16.5. The molecule has 0 unspecified atom stereocenters. The van der Waals surface area contributed by atoms with Crippen LogP contribution in [0.5, 0.6) is 5.75 Å². The van der Waals surface area contributed by atoms with Gasteiger partial charge in [-0.3, -0.25) is 14.4 Å². The molecule has 3 rings (SSSR count). The highest BCUT2D eigenvalue weighted by Crippen LogP contribution is 2.31. The Bertz CT molecular complexity index is 1090. The molecule has 156 valence electrons. The number of fused-ring (bicyclic) bond motifs is 1. The summed E-state index contributed by atoms with van der Waals surface area (Å²) in [7, 11) is 0. The van der Waals surface area contributed by atoms with E-state index < -0.39 is 17.7 Å². The lowest BCUT2D eigenvalue weighted by atomic mass is 10.0. The van der Waals surface area contributed by atoms with Crippen LogP contribution in [0.25, 0.3) is 10.9 Å². The lowest BCUT2D eigenvalue weighted by molar-refractivity contribution is -0.137. The molecule has 3 aromatic rings. The first-order valence-corrected chi connectivity index (χ1v) is 9.80. The van der Waals surface area contributed by atoms with Crippen molar-refractivity contribution in [3.63, 3.8) is 0 Å². The molecule has 0 radical (unpaired) electrons. The van der Waals surface area contributed by atoms with Crippen molar-refractivity contribution in [2.45, 2.75) is 32.7 Å². The summed E-state index contributed by atoms with van der Waals surface area (Å²) < 4.78 is 7.68. The maximum absolute atomic E-state index is 12.7. The second kappa shape index (κ2) is 9.26. The average molecular weight is 408 g/mol. The Labute approximate surface area is 174 Å². The number of hydrogen-bond acceptors (Lipinski definition) is 4. The number of primary amides is 1. The molecule has 0 aliphatic heterocycles. The van der Waals surface area contributed by atoms with Crippen molar-refractivity contribution < 1.29 is 24.2 Å². The Morgan fingerprint density at radius 1 is 1.10 bits per heavy atom. The van der Waals surface area contributed by atoms with E-state index in [2.05, 4.69) is 0 Å². The smallest absolute Gasteiger partial charge is 0.303 e. The first-order chi connectivity index (χ1) is 14.4. The van der Waals surface area contributed by atoms with Gasteiger partial charge in [0, 0.05) is 29.6 Å². The zero-order valence-electron chi connectivity index (χ0n) is 16.8. The summed E-state index contributed by atoms with van der Waals surface area (Å²) in [5.74, 6) is -2.11. The molecule has 0 fully saturated rings. The standard InChI is InChI=1S/C23H24N2O5/c1-2-18-21(22(28)23(24)29)17-13-16(30-12-6-9-20(26)27)10-11-19(17)25(18)14-15-7-4-3-5-8-15/h3-5,7-8,10-11,13H,2,6,9,12,14H2,1H3,(H2,24,29)(H,26,27). The molecule has 1 aromatic heterocycles. The molecule has 7 nitrogen and oxygen atoms in total. The van der Waals surface area contributed by atoms with E-state index >= 15 is 0 Å². The van der Waals surface area contributed by atoms with Crippen LogP contribution < -0.4 is 10.5 Å². The van der Waals surface area contributed by atoms with Gasteiger partial charge in [0.25, 0.3) is 11.7 Å². The van der Waals surface area contributed by atoms with Crippen LogP contribution in [0, 0.1) is 0 Å². The van der Waals surface area contributed by atoms with Crippen molar-refractivity contribution in [1.82, 2.24) is 4.57 Å². The number of benzene rings is 2. The zero-order valence-corrected chi connectivity index (χ0v) is 16.8. The summed E-state index contributed by atoms with van der Waals surface area (Å²) in [5, 5.41) is 9.34. The van der Waals surface area contributed by atoms with Crippen LogP contribution in [0.1, 0.15) is 41.4 Å². The van der Waals surface area contributed by atoms with Gasteiger partial charge in [-0.15, -0.1) is 0 Å². The number of hydrogen-bond donors (Lipinski definition) is 2. The van der Waals surface area contributed by atoms with Gasteiger partial charge in [-0.25, -0.2) is 0 Å². The van der Waals surface area contributed by atoms with E-state index in [4.69, 9.17) is 15.6 Å². The van der Waals surface area contributed by atoms with E-state index in [9.17, 15) is 14.4 Å². The van der Waals surface area contributed by atoms with Crippen LogP contribution >= 0.6 is 0 Å². The van der Waals surface area contributed by atoms with Crippen LogP contribution in [0.4, 0.5) is 0 Å². The second-order valence-corrected chi connectivity index (χ2v) is 6.97. The van der Waals surface area contributed by atoms with E-state index in [1.54, 1.807) is 12.1 Å². The number of aliphatic carboxylic acids is 1. The van der Waals surface area contributed by atoms with E-state index in [-0.39, 0.29) is 13.0 Å². The van der Waals surface area contributed by atoms with Gasteiger partial charge in [0.05, 0.1) is 12.2 Å². The fourth-order valence-corrected chi connectivity index (χ4v) is 3.58. The highest BCUT2D eigenvalue weighted by Gasteiger charge is 2.25. The SMILES string of the molecule is CCc1c(C(=O)C(N)=O)c2cc(OCCCC(=O)O)ccc2n1Cc1ccccc1. The molecule has 0 aliphatic carbocycles. The van der Waals surface area contributed by atoms with E-state index in [1.165, 1.54) is 0 Å². The second-order valence-electron chi connectivity index (χ2n) is 6.97. The Balaban J connectivity index is 2.05. The third kappa shape index (κ3) is 4.51. The molecule has 3 N–H and O–H groups in total. The zero-order chi connectivity index (χ0) is 21.7. The third-order valence-corrected chi connectivity index (χ3v) is 4.92. The number of ether oxygens (including phenoxy) is 1. The number of Topliss-reactive ketones (excluding diaryl/α,β-unsaturated/α-hetero) is 1. The molecular formula is C23H24N2O5. The molecule has 0 atom stereocenters. The third-order valence-electron chi connectivity index (χ3n) is 4.92. The number of carboxylic acid groups (broad SMARTS) is 1. The minimum Gasteiger partial charge on any atom is -0.494 e. The lowest BCUT2D eigenvalue weighted by Gasteiger charge is -2.11. The van der Waals surface area contributed by atoms with Crippen LogP contribution in [-0.2, 0) is 22.6 Å². The molecule has 7 heteroatoms. The maximum atomic E-state index is 12.7. The normalized spacial score (nSPS) is 10.8. The maximum Gasteiger partial charge on any atom is 0.303 e. The van der Waals surface area contributed by atoms with Crippen molar-refractivity contribution in [3.05, 3.63) is 65.4 Å². The predicted molar refractivity (Wildman–Crippen MR) is 113 cm³/mol. The molecule has 1 heterocycles. The summed E-state index contributed by atoms with van der Waals surface area (Å²) in [6, 6.07) is 15.2. The first kappa shape index (κ1) is 21.1. The van der Waals surface area contributed by atoms with Gasteiger partial charge in [-0.2, -0.15) is 0 Å². The number of amides is 1. The summed E-state index contributed by atoms with van der Waals surface area (Å²) in [6.07, 6.45) is 0.932. The van der Waals surface area contributed by atoms with Gasteiger partial charge < -0.3 is 20.1 Å². The van der Waals surface area contributed by atoms with Crippen molar-refractivity contribution in [2.24, 2.45) is 5.73 Å². The van der Waals surface area contributed by atoms with Crippen LogP contribution in [0.3, 0.4) is 0 Å². The summed E-state index contributed by atoms with van der Waals surface area (Å²) >= 11 is 0. The molecule has 2 aromatic carbocycles. The largest absolute Gasteiger partial charge is 0.494 e. The van der Waals surface area contributed by atoms with Crippen LogP contribution in [0.2, 0.25) is 0 Å². The Morgan fingerprint density at radius 2 is 1.83 bits per heavy atom. The monoisotopic (exact) mass is 408 g/mol. The van der Waals surface area contributed by atoms with Gasteiger partial charge in [0.1, 0.15) is 5.75 Å². The van der Waals surface area contributed by atoms with Gasteiger partial charge >= 0.3 is 5.97 Å². The molecule has 0 saturated carbocycles. The van der Waals surface area contributed by atoms with Crippen molar-refractivity contribution in [2.75, 3.05) is 6.61 Å². The number of carbonyl (C=O) groups excluding carboxylic acids is 2. The number of nitrogens with zero attached hydrogens (tertiary/aromatic N) is 1. The van der Waals surface area contributed by atoms with Gasteiger partial charge in [0.15, 0.2) is 0 Å². The number of ketones is 1. The molecule has 1 amide bonds. The minimum atomic E-state index is -1.00. The van der Waals surface area contributed by atoms with Gasteiger partial charge in [-0.05, 0) is 36.6 Å². The molecule has 0 saturated heterocycles. The van der Waals surface area contributed by atoms with Gasteiger partial charge in [0.2, 0.25) is 0 Å². The number of nitrogens with two attached hydrogens (primary N) is 1. The fourth-order valence-electron chi connectivity index (χ4n) is 3.58. The fraction of sp³-hybridized carbons (Fsp3) is 0.261. The number of aromatic nitrogens is 1. The van der Waals surface area contributed by atoms with E-state index in [0.717, 1.165) is 16.8 Å². The molecular weight excluding hydrogens is 384 g/mol. The quantitative estimate of drug-likeness (QED) is 0.304. The molecule has 0 spiro atoms. The lowest BCUT2D eigenvalue weighted by Crippen LogP contribution is -2.24. The van der Waals surface area contributed by atoms with Gasteiger partial charge in [-0.1, -0.05) is 37.3 Å². The number of rotatable bonds is 10. The number of carboxylic acids is 1.